The van der Waals surface area contributed by atoms with Gasteiger partial charge in [-0.1, -0.05) is 23.2 Å². The van der Waals surface area contributed by atoms with Gasteiger partial charge in [-0.2, -0.15) is 0 Å². The summed E-state index contributed by atoms with van der Waals surface area (Å²) in [7, 11) is 0. The van der Waals surface area contributed by atoms with E-state index in [0.717, 1.165) is 11.1 Å². The maximum absolute atomic E-state index is 13.5. The maximum Gasteiger partial charge on any atom is 0.344 e. The van der Waals surface area contributed by atoms with E-state index in [2.05, 4.69) is 0 Å². The normalized spacial score (nSPS) is 13.1. The summed E-state index contributed by atoms with van der Waals surface area (Å²) in [6.07, 6.45) is 0.0569. The molecule has 0 aliphatic carbocycles. The number of carbonyl (C=O) groups excluding carboxylic acids is 4. The van der Waals surface area contributed by atoms with Gasteiger partial charge in [-0.05, 0) is 89.1 Å². The summed E-state index contributed by atoms with van der Waals surface area (Å²) in [5.74, 6) is -1.31. The second kappa shape index (κ2) is 20.4. The number of aliphatic hydroxyl groups is 2. The average molecular weight is 742 g/mol. The zero-order valence-corrected chi connectivity index (χ0v) is 31.2. The van der Waals surface area contributed by atoms with E-state index >= 15 is 0 Å². The number of amides is 2. The minimum absolute atomic E-state index is 0.0537. The van der Waals surface area contributed by atoms with Gasteiger partial charge >= 0.3 is 23.8 Å². The highest BCUT2D eigenvalue weighted by atomic mass is 35.5. The van der Waals surface area contributed by atoms with Crippen molar-refractivity contribution in [1.82, 2.24) is 0 Å². The number of aryl methyl sites for hydroxylation is 2. The van der Waals surface area contributed by atoms with Crippen molar-refractivity contribution in [3.05, 3.63) is 69.7 Å². The molecule has 0 spiro atoms. The van der Waals surface area contributed by atoms with Crippen molar-refractivity contribution < 1.29 is 57.3 Å². The maximum atomic E-state index is 13.5. The SMILES string of the molecule is CC[N+](CC)(CC(O)COC(=O)COc1ccc(Cl)c(C)c1)C(=O)/C=C/C(=O)[N+](CC)(CC)CC(O)COC(=O)COc1ccc(Cl)c(C)c1. The van der Waals surface area contributed by atoms with Gasteiger partial charge in [0, 0.05) is 10.0 Å². The molecule has 0 bridgehead atoms. The highest BCUT2D eigenvalue weighted by molar-refractivity contribution is 6.31. The number of halogens is 2. The summed E-state index contributed by atoms with van der Waals surface area (Å²) in [6, 6.07) is 9.94. The lowest BCUT2D eigenvalue weighted by Gasteiger charge is -2.35. The molecule has 2 atom stereocenters. The Morgan fingerprint density at radius 2 is 1.00 bits per heavy atom. The molecule has 2 aromatic carbocycles. The van der Waals surface area contributed by atoms with Crippen molar-refractivity contribution in [2.75, 3.05) is 65.7 Å². The van der Waals surface area contributed by atoms with Gasteiger partial charge in [0.15, 0.2) is 13.2 Å². The number of carbonyl (C=O) groups is 4. The number of benzene rings is 2. The highest BCUT2D eigenvalue weighted by Gasteiger charge is 2.37. The summed E-state index contributed by atoms with van der Waals surface area (Å²) in [4.78, 5) is 51.4. The lowest BCUT2D eigenvalue weighted by molar-refractivity contribution is -0.853. The Morgan fingerprint density at radius 1 is 0.660 bits per heavy atom. The molecule has 14 heteroatoms. The Bertz CT molecular complexity index is 1380. The minimum Gasteiger partial charge on any atom is -0.482 e. The number of nitrogens with zero attached hydrogens (tertiary/aromatic N) is 2. The van der Waals surface area contributed by atoms with Gasteiger partial charge in [-0.25, -0.2) is 19.2 Å². The Labute approximate surface area is 304 Å². The highest BCUT2D eigenvalue weighted by Crippen LogP contribution is 2.22. The van der Waals surface area contributed by atoms with Crippen LogP contribution >= 0.6 is 23.2 Å². The van der Waals surface area contributed by atoms with Crippen LogP contribution in [-0.2, 0) is 28.7 Å². The van der Waals surface area contributed by atoms with Gasteiger partial charge in [0.2, 0.25) is 0 Å². The zero-order chi connectivity index (χ0) is 37.5. The Kier molecular flexibility index (Phi) is 17.4. The van der Waals surface area contributed by atoms with Gasteiger partial charge in [-0.15, -0.1) is 0 Å². The summed E-state index contributed by atoms with van der Waals surface area (Å²) in [6.45, 7) is 10.5. The zero-order valence-electron chi connectivity index (χ0n) is 29.7. The number of quaternary nitrogens is 2. The second-order valence-corrected chi connectivity index (χ2v) is 12.8. The Balaban J connectivity index is 1.93. The number of hydrogen-bond donors (Lipinski definition) is 2. The van der Waals surface area contributed by atoms with Crippen molar-refractivity contribution >= 4 is 47.0 Å². The number of likely N-dealkylation sites (N-methyl/N-ethyl adjacent to an activating group) is 2. The van der Waals surface area contributed by atoms with Crippen LogP contribution in [0.3, 0.4) is 0 Å². The summed E-state index contributed by atoms with van der Waals surface area (Å²) in [5.41, 5.74) is 1.58. The Hall–Kier alpha value is -3.52. The molecule has 0 radical (unpaired) electrons. The molecule has 12 nitrogen and oxygen atoms in total. The van der Waals surface area contributed by atoms with Crippen LogP contribution in [0.25, 0.3) is 0 Å². The van der Waals surface area contributed by atoms with Crippen LogP contribution in [0.4, 0.5) is 0 Å². The summed E-state index contributed by atoms with van der Waals surface area (Å²) in [5, 5.41) is 22.6. The molecule has 2 unspecified atom stereocenters. The molecule has 50 heavy (non-hydrogen) atoms. The molecule has 2 aromatic rings. The molecule has 2 N–H and O–H groups in total. The van der Waals surface area contributed by atoms with Crippen molar-refractivity contribution in [2.45, 2.75) is 53.8 Å². The quantitative estimate of drug-likeness (QED) is 0.115. The number of aliphatic hydroxyl groups excluding tert-OH is 2. The molecule has 0 aromatic heterocycles. The van der Waals surface area contributed by atoms with Gasteiger partial charge in [-0.3, -0.25) is 8.97 Å². The van der Waals surface area contributed by atoms with Crippen molar-refractivity contribution in [2.24, 2.45) is 0 Å². The monoisotopic (exact) mass is 740 g/mol. The van der Waals surface area contributed by atoms with Crippen LogP contribution < -0.4 is 9.47 Å². The van der Waals surface area contributed by atoms with E-state index in [9.17, 15) is 29.4 Å². The fourth-order valence-electron chi connectivity index (χ4n) is 5.30. The van der Waals surface area contributed by atoms with Gasteiger partial charge in [0.25, 0.3) is 0 Å². The van der Waals surface area contributed by atoms with E-state index in [1.165, 1.54) is 12.2 Å². The van der Waals surface area contributed by atoms with Gasteiger partial charge in [0.1, 0.15) is 50.0 Å². The number of rotatable bonds is 20. The summed E-state index contributed by atoms with van der Waals surface area (Å²) >= 11 is 12.0. The van der Waals surface area contributed by atoms with Crippen LogP contribution in [-0.4, -0.2) is 121 Å². The predicted octanol–water partition coefficient (Wildman–Crippen LogP) is 4.20. The fourth-order valence-corrected chi connectivity index (χ4v) is 5.53. The van der Waals surface area contributed by atoms with E-state index in [1.807, 2.05) is 0 Å². The first-order chi connectivity index (χ1) is 23.6. The number of hydrogen-bond acceptors (Lipinski definition) is 10. The van der Waals surface area contributed by atoms with Crippen molar-refractivity contribution in [3.8, 4) is 11.5 Å². The smallest absolute Gasteiger partial charge is 0.344 e. The largest absolute Gasteiger partial charge is 0.482 e. The van der Waals surface area contributed by atoms with Crippen molar-refractivity contribution in [3.63, 3.8) is 0 Å². The number of ether oxygens (including phenoxy) is 4. The van der Waals surface area contributed by atoms with E-state index in [-0.39, 0.29) is 48.5 Å². The third kappa shape index (κ3) is 12.7. The molecule has 2 rings (SSSR count). The first-order valence-electron chi connectivity index (χ1n) is 16.6. The third-order valence-electron chi connectivity index (χ3n) is 8.69. The lowest BCUT2D eigenvalue weighted by Crippen LogP contribution is -2.57. The van der Waals surface area contributed by atoms with Crippen LogP contribution in [0, 0.1) is 13.8 Å². The molecule has 0 saturated carbocycles. The van der Waals surface area contributed by atoms with E-state index < -0.39 is 36.0 Å². The third-order valence-corrected chi connectivity index (χ3v) is 9.54. The van der Waals surface area contributed by atoms with Crippen LogP contribution in [0.15, 0.2) is 48.6 Å². The molecule has 0 aliphatic heterocycles. The first-order valence-corrected chi connectivity index (χ1v) is 17.3. The van der Waals surface area contributed by atoms with Crippen LogP contribution in [0.2, 0.25) is 10.0 Å². The molecule has 0 saturated heterocycles. The van der Waals surface area contributed by atoms with E-state index in [1.54, 1.807) is 77.9 Å². The van der Waals surface area contributed by atoms with Crippen LogP contribution in [0.1, 0.15) is 38.8 Å². The summed E-state index contributed by atoms with van der Waals surface area (Å²) < 4.78 is 20.8. The Morgan fingerprint density at radius 3 is 1.30 bits per heavy atom. The molecule has 276 valence electrons. The molecule has 0 fully saturated rings. The van der Waals surface area contributed by atoms with Gasteiger partial charge in [0.05, 0.1) is 38.3 Å². The average Bonchev–Trinajstić information content (AvgIpc) is 3.10. The van der Waals surface area contributed by atoms with Gasteiger partial charge < -0.3 is 29.2 Å². The molecule has 2 amide bonds. The lowest BCUT2D eigenvalue weighted by atomic mass is 10.2. The fraction of sp³-hybridized carbons (Fsp3) is 0.500. The standard InChI is InChI=1S/C36H50Cl2N2O10/c1-7-39(8-2,19-27(41)21-49-35(45)23-47-29-11-13-31(37)25(5)17-29)33(43)15-16-34(44)40(9-3,10-4)20-28(42)22-50-36(46)24-48-30-12-14-32(38)26(6)18-30/h11-18,27-28,41-42H,7-10,19-24H2,1-6H3/q+2/b16-15+. The van der Waals surface area contributed by atoms with Crippen molar-refractivity contribution in [1.29, 1.82) is 0 Å². The minimum atomic E-state index is -1.16. The predicted molar refractivity (Wildman–Crippen MR) is 189 cm³/mol. The molecule has 0 heterocycles. The van der Waals surface area contributed by atoms with E-state index in [0.29, 0.717) is 47.7 Å². The molecular weight excluding hydrogens is 691 g/mol. The van der Waals surface area contributed by atoms with E-state index in [4.69, 9.17) is 42.1 Å². The first kappa shape index (κ1) is 42.6. The number of esters is 2. The topological polar surface area (TPSA) is 146 Å². The molecular formula is C36H50Cl2N2O10+2. The molecule has 0 aliphatic rings. The van der Waals surface area contributed by atoms with Crippen LogP contribution in [0.5, 0.6) is 11.5 Å². The second-order valence-electron chi connectivity index (χ2n) is 12.0.